The van der Waals surface area contributed by atoms with Crippen LogP contribution in [0.4, 0.5) is 5.69 Å². The van der Waals surface area contributed by atoms with Gasteiger partial charge in [-0.1, -0.05) is 18.2 Å². The molecule has 1 aliphatic rings. The zero-order valence-electron chi connectivity index (χ0n) is 9.61. The largest absolute Gasteiger partial charge is 0.368 e. The van der Waals surface area contributed by atoms with E-state index in [1.165, 1.54) is 11.3 Å². The second kappa shape index (κ2) is 4.15. The summed E-state index contributed by atoms with van der Waals surface area (Å²) in [5.41, 5.74) is 7.79. The number of rotatable bonds is 1. The van der Waals surface area contributed by atoms with Gasteiger partial charge < -0.3 is 10.6 Å². The number of nitriles is 1. The number of piperidine rings is 1. The Bertz CT molecular complexity index is 421. The average molecular weight is 215 g/mol. The molecule has 84 valence electrons. The van der Waals surface area contributed by atoms with Crippen LogP contribution in [0.2, 0.25) is 0 Å². The topological polar surface area (TPSA) is 53.0 Å². The molecule has 1 aromatic carbocycles. The zero-order chi connectivity index (χ0) is 11.6. The van der Waals surface area contributed by atoms with Crippen molar-refractivity contribution in [3.05, 3.63) is 29.8 Å². The lowest BCUT2D eigenvalue weighted by atomic mass is 9.91. The lowest BCUT2D eigenvalue weighted by Crippen LogP contribution is -2.53. The monoisotopic (exact) mass is 215 g/mol. The Kier molecular flexibility index (Phi) is 2.84. The summed E-state index contributed by atoms with van der Waals surface area (Å²) in [5, 5.41) is 9.08. The summed E-state index contributed by atoms with van der Waals surface area (Å²) in [5.74, 6) is 0. The Morgan fingerprint density at radius 1 is 1.44 bits per heavy atom. The molecule has 2 rings (SSSR count). The molecular formula is C13H17N3. The predicted molar refractivity (Wildman–Crippen MR) is 65.2 cm³/mol. The van der Waals surface area contributed by atoms with Crippen LogP contribution in [0.25, 0.3) is 0 Å². The number of anilines is 1. The highest BCUT2D eigenvalue weighted by Gasteiger charge is 2.31. The van der Waals surface area contributed by atoms with Gasteiger partial charge in [0.05, 0.1) is 6.07 Å². The maximum Gasteiger partial charge on any atom is 0.121 e. The second-order valence-electron chi connectivity index (χ2n) is 4.58. The van der Waals surface area contributed by atoms with Gasteiger partial charge in [0.15, 0.2) is 0 Å². The lowest BCUT2D eigenvalue weighted by molar-refractivity contribution is 0.424. The molecule has 0 saturated carbocycles. The molecule has 1 atom stereocenters. The first-order valence-corrected chi connectivity index (χ1v) is 5.65. The Morgan fingerprint density at radius 3 is 2.88 bits per heavy atom. The number of aryl methyl sites for hydroxylation is 1. The van der Waals surface area contributed by atoms with Crippen LogP contribution in [-0.2, 0) is 0 Å². The SMILES string of the molecule is Cc1ccccc1N1CCCC(N)(C#N)C1. The molecule has 1 unspecified atom stereocenters. The van der Waals surface area contributed by atoms with Crippen LogP contribution < -0.4 is 10.6 Å². The fourth-order valence-corrected chi connectivity index (χ4v) is 2.30. The maximum atomic E-state index is 9.08. The first-order chi connectivity index (χ1) is 7.64. The highest BCUT2D eigenvalue weighted by molar-refractivity contribution is 5.54. The van der Waals surface area contributed by atoms with Crippen molar-refractivity contribution in [2.24, 2.45) is 5.73 Å². The van der Waals surface area contributed by atoms with Crippen molar-refractivity contribution in [3.8, 4) is 6.07 Å². The van der Waals surface area contributed by atoms with Gasteiger partial charge in [0.1, 0.15) is 5.54 Å². The number of nitrogens with two attached hydrogens (primary N) is 1. The van der Waals surface area contributed by atoms with Crippen molar-refractivity contribution >= 4 is 5.69 Å². The summed E-state index contributed by atoms with van der Waals surface area (Å²) in [6.45, 7) is 3.72. The van der Waals surface area contributed by atoms with Crippen molar-refractivity contribution in [2.45, 2.75) is 25.3 Å². The average Bonchev–Trinajstić information content (AvgIpc) is 2.30. The highest BCUT2D eigenvalue weighted by atomic mass is 15.2. The molecule has 0 bridgehead atoms. The smallest absolute Gasteiger partial charge is 0.121 e. The fourth-order valence-electron chi connectivity index (χ4n) is 2.30. The minimum Gasteiger partial charge on any atom is -0.368 e. The fraction of sp³-hybridized carbons (Fsp3) is 0.462. The van der Waals surface area contributed by atoms with Gasteiger partial charge in [0.2, 0.25) is 0 Å². The minimum atomic E-state index is -0.680. The molecule has 0 amide bonds. The molecule has 1 fully saturated rings. The van der Waals surface area contributed by atoms with Crippen molar-refractivity contribution in [1.29, 1.82) is 5.26 Å². The molecule has 2 N–H and O–H groups in total. The third kappa shape index (κ3) is 2.02. The van der Waals surface area contributed by atoms with Gasteiger partial charge in [-0.3, -0.25) is 0 Å². The van der Waals surface area contributed by atoms with Gasteiger partial charge in [0, 0.05) is 18.8 Å². The number of nitrogens with zero attached hydrogens (tertiary/aromatic N) is 2. The Balaban J connectivity index is 2.23. The summed E-state index contributed by atoms with van der Waals surface area (Å²) in [4.78, 5) is 2.22. The van der Waals surface area contributed by atoms with E-state index in [0.29, 0.717) is 6.54 Å². The molecule has 0 spiro atoms. The first kappa shape index (κ1) is 11.0. The summed E-state index contributed by atoms with van der Waals surface area (Å²) in [6.07, 6.45) is 1.78. The third-order valence-corrected chi connectivity index (χ3v) is 3.20. The Labute approximate surface area is 96.5 Å². The third-order valence-electron chi connectivity index (χ3n) is 3.20. The van der Waals surface area contributed by atoms with E-state index in [9.17, 15) is 0 Å². The highest BCUT2D eigenvalue weighted by Crippen LogP contribution is 2.26. The maximum absolute atomic E-state index is 9.08. The van der Waals surface area contributed by atoms with E-state index in [1.54, 1.807) is 0 Å². The standard InChI is InChI=1S/C13H17N3/c1-11-5-2-3-6-12(11)16-8-4-7-13(15,9-14)10-16/h2-3,5-6H,4,7-8,10,15H2,1H3. The Morgan fingerprint density at radius 2 is 2.19 bits per heavy atom. The van der Waals surface area contributed by atoms with Crippen LogP contribution in [0.3, 0.4) is 0 Å². The van der Waals surface area contributed by atoms with E-state index in [4.69, 9.17) is 11.0 Å². The van der Waals surface area contributed by atoms with Crippen LogP contribution in [0, 0.1) is 18.3 Å². The van der Waals surface area contributed by atoms with Crippen LogP contribution in [0.15, 0.2) is 24.3 Å². The van der Waals surface area contributed by atoms with E-state index in [2.05, 4.69) is 30.0 Å². The minimum absolute atomic E-state index is 0.633. The normalized spacial score (nSPS) is 25.2. The van der Waals surface area contributed by atoms with E-state index in [1.807, 2.05) is 12.1 Å². The quantitative estimate of drug-likeness (QED) is 0.777. The van der Waals surface area contributed by atoms with Crippen molar-refractivity contribution in [3.63, 3.8) is 0 Å². The van der Waals surface area contributed by atoms with E-state index >= 15 is 0 Å². The van der Waals surface area contributed by atoms with Gasteiger partial charge in [-0.15, -0.1) is 0 Å². The van der Waals surface area contributed by atoms with E-state index in [0.717, 1.165) is 19.4 Å². The van der Waals surface area contributed by atoms with Crippen molar-refractivity contribution in [1.82, 2.24) is 0 Å². The molecule has 16 heavy (non-hydrogen) atoms. The second-order valence-corrected chi connectivity index (χ2v) is 4.58. The van der Waals surface area contributed by atoms with Crippen molar-refractivity contribution in [2.75, 3.05) is 18.0 Å². The van der Waals surface area contributed by atoms with Gasteiger partial charge in [-0.25, -0.2) is 0 Å². The van der Waals surface area contributed by atoms with E-state index < -0.39 is 5.54 Å². The van der Waals surface area contributed by atoms with Gasteiger partial charge in [-0.05, 0) is 31.4 Å². The predicted octanol–water partition coefficient (Wildman–Crippen LogP) is 1.82. The molecule has 0 radical (unpaired) electrons. The van der Waals surface area contributed by atoms with E-state index in [-0.39, 0.29) is 0 Å². The molecule has 0 aliphatic carbocycles. The number of hydrogen-bond donors (Lipinski definition) is 1. The van der Waals surface area contributed by atoms with Gasteiger partial charge in [0.25, 0.3) is 0 Å². The number of benzene rings is 1. The van der Waals surface area contributed by atoms with Crippen LogP contribution in [-0.4, -0.2) is 18.6 Å². The van der Waals surface area contributed by atoms with Crippen LogP contribution >= 0.6 is 0 Å². The lowest BCUT2D eigenvalue weighted by Gasteiger charge is -2.37. The Hall–Kier alpha value is -1.53. The molecule has 3 heteroatoms. The molecular weight excluding hydrogens is 198 g/mol. The first-order valence-electron chi connectivity index (χ1n) is 5.65. The number of para-hydroxylation sites is 1. The van der Waals surface area contributed by atoms with Gasteiger partial charge >= 0.3 is 0 Å². The van der Waals surface area contributed by atoms with Gasteiger partial charge in [-0.2, -0.15) is 5.26 Å². The number of hydrogen-bond acceptors (Lipinski definition) is 3. The summed E-state index contributed by atoms with van der Waals surface area (Å²) < 4.78 is 0. The summed E-state index contributed by atoms with van der Waals surface area (Å²) in [6, 6.07) is 10.5. The molecule has 1 heterocycles. The molecule has 0 aromatic heterocycles. The summed E-state index contributed by atoms with van der Waals surface area (Å²) >= 11 is 0. The molecule has 1 aromatic rings. The van der Waals surface area contributed by atoms with Crippen LogP contribution in [0.5, 0.6) is 0 Å². The zero-order valence-corrected chi connectivity index (χ0v) is 9.61. The molecule has 3 nitrogen and oxygen atoms in total. The molecule has 1 aliphatic heterocycles. The molecule has 1 saturated heterocycles. The summed E-state index contributed by atoms with van der Waals surface area (Å²) in [7, 11) is 0. The van der Waals surface area contributed by atoms with Crippen molar-refractivity contribution < 1.29 is 0 Å². The van der Waals surface area contributed by atoms with Crippen LogP contribution in [0.1, 0.15) is 18.4 Å².